The lowest BCUT2D eigenvalue weighted by molar-refractivity contribution is 0.639. The predicted molar refractivity (Wildman–Crippen MR) is 76.8 cm³/mol. The van der Waals surface area contributed by atoms with Gasteiger partial charge in [-0.2, -0.15) is 5.10 Å². The highest BCUT2D eigenvalue weighted by molar-refractivity contribution is 5.38. The summed E-state index contributed by atoms with van der Waals surface area (Å²) in [7, 11) is 0. The summed E-state index contributed by atoms with van der Waals surface area (Å²) < 4.78 is 0. The molecule has 1 N–H and O–H groups in total. The molecule has 0 aromatic carbocycles. The number of nitrogens with one attached hydrogen (secondary N) is 1. The second-order valence-corrected chi connectivity index (χ2v) is 4.85. The van der Waals surface area contributed by atoms with Crippen molar-refractivity contribution in [3.05, 3.63) is 17.8 Å². The molecule has 0 fully saturated rings. The summed E-state index contributed by atoms with van der Waals surface area (Å²) in [6, 6.07) is 4.60. The minimum atomic E-state index is 0.461. The zero-order valence-corrected chi connectivity index (χ0v) is 12.1. The van der Waals surface area contributed by atoms with Crippen LogP contribution in [0.1, 0.15) is 46.2 Å². The minimum absolute atomic E-state index is 0.461. The van der Waals surface area contributed by atoms with Gasteiger partial charge in [0.1, 0.15) is 0 Å². The highest BCUT2D eigenvalue weighted by Crippen LogP contribution is 2.13. The maximum Gasteiger partial charge on any atom is 0.151 e. The molecule has 0 atom stereocenters. The lowest BCUT2D eigenvalue weighted by atomic mass is 10.2. The quantitative estimate of drug-likeness (QED) is 0.720. The lowest BCUT2D eigenvalue weighted by Gasteiger charge is -2.26. The van der Waals surface area contributed by atoms with E-state index in [1.165, 1.54) is 0 Å². The first-order chi connectivity index (χ1) is 8.69. The summed E-state index contributed by atoms with van der Waals surface area (Å²) in [5, 5.41) is 11.9. The van der Waals surface area contributed by atoms with E-state index in [0.29, 0.717) is 6.04 Å². The van der Waals surface area contributed by atoms with E-state index in [-0.39, 0.29) is 0 Å². The van der Waals surface area contributed by atoms with Crippen molar-refractivity contribution in [2.45, 2.75) is 53.1 Å². The number of rotatable bonds is 8. The van der Waals surface area contributed by atoms with Gasteiger partial charge in [0.2, 0.25) is 0 Å². The smallest absolute Gasteiger partial charge is 0.151 e. The Labute approximate surface area is 111 Å². The molecule has 0 radical (unpaired) electrons. The van der Waals surface area contributed by atoms with Crippen LogP contribution < -0.4 is 10.2 Å². The Balaban J connectivity index is 2.62. The first kappa shape index (κ1) is 14.9. The summed E-state index contributed by atoms with van der Waals surface area (Å²) in [5.41, 5.74) is 1.01. The molecule has 0 aliphatic rings. The van der Waals surface area contributed by atoms with Gasteiger partial charge in [0.25, 0.3) is 0 Å². The molecule has 0 saturated heterocycles. The average molecular weight is 250 g/mol. The van der Waals surface area contributed by atoms with Crippen LogP contribution in [0.3, 0.4) is 0 Å². The van der Waals surface area contributed by atoms with E-state index in [2.05, 4.69) is 60.2 Å². The van der Waals surface area contributed by atoms with Crippen LogP contribution in [0, 0.1) is 0 Å². The van der Waals surface area contributed by atoms with E-state index in [1.54, 1.807) is 0 Å². The summed E-state index contributed by atoms with van der Waals surface area (Å²) in [5.74, 6) is 0.978. The van der Waals surface area contributed by atoms with Gasteiger partial charge >= 0.3 is 0 Å². The molecule has 18 heavy (non-hydrogen) atoms. The molecular formula is C14H26N4. The van der Waals surface area contributed by atoms with E-state index in [9.17, 15) is 0 Å². The van der Waals surface area contributed by atoms with Gasteiger partial charge in [-0.15, -0.1) is 5.10 Å². The molecule has 1 aromatic rings. The number of hydrogen-bond donors (Lipinski definition) is 1. The molecular weight excluding hydrogens is 224 g/mol. The van der Waals surface area contributed by atoms with Crippen molar-refractivity contribution in [2.24, 2.45) is 0 Å². The number of hydrogen-bond acceptors (Lipinski definition) is 4. The standard InChI is InChI=1S/C14H26N4/c1-5-9-15-11-13-7-8-14(17-16-13)18(10-6-2)12(3)4/h7-8,12,15H,5-6,9-11H2,1-4H3. The maximum absolute atomic E-state index is 4.33. The SMILES string of the molecule is CCCNCc1ccc(N(CCC)C(C)C)nn1. The normalized spacial score (nSPS) is 10.9. The maximum atomic E-state index is 4.33. The summed E-state index contributed by atoms with van der Waals surface area (Å²) in [4.78, 5) is 2.29. The van der Waals surface area contributed by atoms with E-state index < -0.39 is 0 Å². The zero-order chi connectivity index (χ0) is 13.4. The van der Waals surface area contributed by atoms with Crippen molar-refractivity contribution in [3.63, 3.8) is 0 Å². The number of nitrogens with zero attached hydrogens (tertiary/aromatic N) is 3. The average Bonchev–Trinajstić information content (AvgIpc) is 2.37. The van der Waals surface area contributed by atoms with E-state index in [4.69, 9.17) is 0 Å². The highest BCUT2D eigenvalue weighted by atomic mass is 15.3. The van der Waals surface area contributed by atoms with Gasteiger partial charge in [-0.3, -0.25) is 0 Å². The number of anilines is 1. The minimum Gasteiger partial charge on any atom is -0.353 e. The van der Waals surface area contributed by atoms with Crippen LogP contribution >= 0.6 is 0 Å². The third kappa shape index (κ3) is 4.61. The fourth-order valence-corrected chi connectivity index (χ4v) is 1.87. The van der Waals surface area contributed by atoms with Crippen molar-refractivity contribution in [1.82, 2.24) is 15.5 Å². The second kappa shape index (κ2) is 8.03. The Bertz CT molecular complexity index is 321. The van der Waals surface area contributed by atoms with Gasteiger partial charge in [-0.1, -0.05) is 13.8 Å². The van der Waals surface area contributed by atoms with Crippen molar-refractivity contribution in [2.75, 3.05) is 18.0 Å². The Kier molecular flexibility index (Phi) is 6.65. The van der Waals surface area contributed by atoms with Gasteiger partial charge in [-0.05, 0) is 45.4 Å². The van der Waals surface area contributed by atoms with E-state index in [0.717, 1.165) is 44.0 Å². The number of aromatic nitrogens is 2. The van der Waals surface area contributed by atoms with Crippen LogP contribution in [0.4, 0.5) is 5.82 Å². The molecule has 0 bridgehead atoms. The van der Waals surface area contributed by atoms with E-state index in [1.807, 2.05) is 0 Å². The molecule has 0 unspecified atom stereocenters. The Morgan fingerprint density at radius 3 is 2.44 bits per heavy atom. The summed E-state index contributed by atoms with van der Waals surface area (Å²) >= 11 is 0. The summed E-state index contributed by atoms with van der Waals surface area (Å²) in [6.07, 6.45) is 2.27. The second-order valence-electron chi connectivity index (χ2n) is 4.85. The molecule has 4 nitrogen and oxygen atoms in total. The van der Waals surface area contributed by atoms with Crippen LogP contribution in [0.15, 0.2) is 12.1 Å². The molecule has 0 saturated carbocycles. The molecule has 1 rings (SSSR count). The van der Waals surface area contributed by atoms with Crippen LogP contribution in [-0.4, -0.2) is 29.3 Å². The van der Waals surface area contributed by atoms with Gasteiger partial charge in [-0.25, -0.2) is 0 Å². The van der Waals surface area contributed by atoms with Gasteiger partial charge in [0, 0.05) is 19.1 Å². The third-order valence-electron chi connectivity index (χ3n) is 2.82. The van der Waals surface area contributed by atoms with Crippen molar-refractivity contribution in [1.29, 1.82) is 0 Å². The monoisotopic (exact) mass is 250 g/mol. The third-order valence-corrected chi connectivity index (χ3v) is 2.82. The molecule has 1 aromatic heterocycles. The van der Waals surface area contributed by atoms with Gasteiger partial charge in [0.05, 0.1) is 5.69 Å². The van der Waals surface area contributed by atoms with Gasteiger partial charge in [0.15, 0.2) is 5.82 Å². The van der Waals surface area contributed by atoms with Crippen LogP contribution in [0.25, 0.3) is 0 Å². The fraction of sp³-hybridized carbons (Fsp3) is 0.714. The molecule has 0 amide bonds. The predicted octanol–water partition coefficient (Wildman–Crippen LogP) is 2.60. The van der Waals surface area contributed by atoms with Crippen LogP contribution in [0.5, 0.6) is 0 Å². The Morgan fingerprint density at radius 1 is 1.17 bits per heavy atom. The fourth-order valence-electron chi connectivity index (χ4n) is 1.87. The Morgan fingerprint density at radius 2 is 1.94 bits per heavy atom. The highest BCUT2D eigenvalue weighted by Gasteiger charge is 2.11. The first-order valence-electron chi connectivity index (χ1n) is 6.99. The van der Waals surface area contributed by atoms with Crippen LogP contribution in [-0.2, 0) is 6.54 Å². The molecule has 0 aliphatic heterocycles. The first-order valence-corrected chi connectivity index (χ1v) is 6.99. The molecule has 0 spiro atoms. The summed E-state index contributed by atoms with van der Waals surface area (Å²) in [6.45, 7) is 11.6. The lowest BCUT2D eigenvalue weighted by Crippen LogP contribution is -2.32. The van der Waals surface area contributed by atoms with Crippen LogP contribution in [0.2, 0.25) is 0 Å². The van der Waals surface area contributed by atoms with Gasteiger partial charge < -0.3 is 10.2 Å². The molecule has 4 heteroatoms. The Hall–Kier alpha value is -1.16. The molecule has 102 valence electrons. The topological polar surface area (TPSA) is 41.0 Å². The van der Waals surface area contributed by atoms with Crippen molar-refractivity contribution in [3.8, 4) is 0 Å². The van der Waals surface area contributed by atoms with E-state index >= 15 is 0 Å². The zero-order valence-electron chi connectivity index (χ0n) is 12.1. The largest absolute Gasteiger partial charge is 0.353 e. The van der Waals surface area contributed by atoms with Crippen molar-refractivity contribution < 1.29 is 0 Å². The van der Waals surface area contributed by atoms with Crippen molar-refractivity contribution >= 4 is 5.82 Å². The molecule has 0 aliphatic carbocycles. The molecule has 1 heterocycles.